The molecule has 0 atom stereocenters. The molecular weight excluding hydrogens is 376 g/mol. The number of esters is 1. The van der Waals surface area contributed by atoms with Crippen molar-refractivity contribution in [3.05, 3.63) is 57.9 Å². The zero-order valence-corrected chi connectivity index (χ0v) is 17.1. The number of methoxy groups -OCH3 is 1. The van der Waals surface area contributed by atoms with Crippen molar-refractivity contribution in [2.24, 2.45) is 4.99 Å². The average Bonchev–Trinajstić information content (AvgIpc) is 2.98. The van der Waals surface area contributed by atoms with Gasteiger partial charge >= 0.3 is 5.97 Å². The molecule has 0 saturated heterocycles. The molecule has 0 N–H and O–H groups in total. The predicted octanol–water partition coefficient (Wildman–Crippen LogP) is 3.63. The van der Waals surface area contributed by atoms with Crippen molar-refractivity contribution in [2.45, 2.75) is 27.3 Å². The van der Waals surface area contributed by atoms with Gasteiger partial charge in [-0.25, -0.2) is 0 Å². The molecular formula is C21H22N2O4S. The van der Waals surface area contributed by atoms with E-state index in [0.717, 1.165) is 21.3 Å². The van der Waals surface area contributed by atoms with Gasteiger partial charge in [-0.15, -0.1) is 0 Å². The number of aryl methyl sites for hydroxylation is 2. The maximum Gasteiger partial charge on any atom is 0.326 e. The van der Waals surface area contributed by atoms with E-state index in [-0.39, 0.29) is 18.4 Å². The predicted molar refractivity (Wildman–Crippen MR) is 109 cm³/mol. The minimum atomic E-state index is -0.374. The average molecular weight is 398 g/mol. The van der Waals surface area contributed by atoms with Gasteiger partial charge in [0.1, 0.15) is 12.3 Å². The van der Waals surface area contributed by atoms with Gasteiger partial charge in [0.25, 0.3) is 5.91 Å². The Morgan fingerprint density at radius 2 is 1.86 bits per heavy atom. The largest absolute Gasteiger partial charge is 0.497 e. The fraction of sp³-hybridized carbons (Fsp3) is 0.286. The summed E-state index contributed by atoms with van der Waals surface area (Å²) >= 11 is 1.39. The molecule has 1 aromatic heterocycles. The van der Waals surface area contributed by atoms with Gasteiger partial charge in [-0.1, -0.05) is 17.4 Å². The van der Waals surface area contributed by atoms with Gasteiger partial charge in [-0.3, -0.25) is 9.59 Å². The number of ether oxygens (including phenoxy) is 2. The summed E-state index contributed by atoms with van der Waals surface area (Å²) < 4.78 is 13.0. The molecule has 146 valence electrons. The van der Waals surface area contributed by atoms with Crippen molar-refractivity contribution in [1.29, 1.82) is 0 Å². The summed E-state index contributed by atoms with van der Waals surface area (Å²) in [4.78, 5) is 29.6. The van der Waals surface area contributed by atoms with Crippen molar-refractivity contribution < 1.29 is 19.1 Å². The molecule has 7 heteroatoms. The van der Waals surface area contributed by atoms with Crippen LogP contribution in [0.4, 0.5) is 0 Å². The normalized spacial score (nSPS) is 11.6. The van der Waals surface area contributed by atoms with Gasteiger partial charge in [0.2, 0.25) is 0 Å². The molecule has 0 spiro atoms. The van der Waals surface area contributed by atoms with Crippen molar-refractivity contribution in [3.8, 4) is 5.75 Å². The second kappa shape index (κ2) is 8.39. The summed E-state index contributed by atoms with van der Waals surface area (Å²) in [6.45, 7) is 6.07. The Labute approximate surface area is 167 Å². The first-order chi connectivity index (χ1) is 13.4. The molecule has 0 saturated carbocycles. The first kappa shape index (κ1) is 19.8. The lowest BCUT2D eigenvalue weighted by molar-refractivity contribution is -0.143. The second-order valence-electron chi connectivity index (χ2n) is 6.35. The summed E-state index contributed by atoms with van der Waals surface area (Å²) in [6.07, 6.45) is 0. The monoisotopic (exact) mass is 398 g/mol. The second-order valence-corrected chi connectivity index (χ2v) is 7.36. The first-order valence-electron chi connectivity index (χ1n) is 8.92. The molecule has 1 amide bonds. The molecule has 0 fully saturated rings. The summed E-state index contributed by atoms with van der Waals surface area (Å²) in [6, 6.07) is 10.9. The number of amides is 1. The Morgan fingerprint density at radius 1 is 1.14 bits per heavy atom. The van der Waals surface area contributed by atoms with E-state index in [1.807, 2.05) is 26.0 Å². The fourth-order valence-corrected chi connectivity index (χ4v) is 4.25. The molecule has 3 aromatic rings. The molecule has 0 aliphatic rings. The number of carbonyl (C=O) groups excluding carboxylic acids is 2. The van der Waals surface area contributed by atoms with E-state index in [4.69, 9.17) is 9.47 Å². The van der Waals surface area contributed by atoms with E-state index >= 15 is 0 Å². The summed E-state index contributed by atoms with van der Waals surface area (Å²) in [5.41, 5.74) is 3.48. The SMILES string of the molecule is CCOC(=O)Cn1c(=NC(=O)c2ccc(OC)cc2)sc2cc(C)cc(C)c21. The lowest BCUT2D eigenvalue weighted by atomic mass is 10.1. The van der Waals surface area contributed by atoms with E-state index in [9.17, 15) is 9.59 Å². The van der Waals surface area contributed by atoms with E-state index in [1.54, 1.807) is 42.9 Å². The Balaban J connectivity index is 2.12. The van der Waals surface area contributed by atoms with E-state index in [1.165, 1.54) is 11.3 Å². The van der Waals surface area contributed by atoms with Gasteiger partial charge in [0, 0.05) is 5.56 Å². The third-order valence-corrected chi connectivity index (χ3v) is 5.26. The molecule has 0 unspecified atom stereocenters. The highest BCUT2D eigenvalue weighted by molar-refractivity contribution is 7.16. The van der Waals surface area contributed by atoms with Crippen molar-refractivity contribution in [3.63, 3.8) is 0 Å². The Kier molecular flexibility index (Phi) is 5.94. The highest BCUT2D eigenvalue weighted by Crippen LogP contribution is 2.23. The topological polar surface area (TPSA) is 69.9 Å². The zero-order valence-electron chi connectivity index (χ0n) is 16.3. The van der Waals surface area contributed by atoms with Crippen LogP contribution in [0.25, 0.3) is 10.2 Å². The highest BCUT2D eigenvalue weighted by Gasteiger charge is 2.15. The van der Waals surface area contributed by atoms with E-state index < -0.39 is 0 Å². The Hall–Kier alpha value is -2.93. The van der Waals surface area contributed by atoms with E-state index in [2.05, 4.69) is 4.99 Å². The number of fused-ring (bicyclic) bond motifs is 1. The van der Waals surface area contributed by atoms with Gasteiger partial charge in [-0.05, 0) is 62.2 Å². The quantitative estimate of drug-likeness (QED) is 0.616. The molecule has 6 nitrogen and oxygen atoms in total. The van der Waals surface area contributed by atoms with Crippen LogP contribution >= 0.6 is 11.3 Å². The van der Waals surface area contributed by atoms with Crippen LogP contribution in [0.2, 0.25) is 0 Å². The summed E-state index contributed by atoms with van der Waals surface area (Å²) in [7, 11) is 1.57. The molecule has 0 radical (unpaired) electrons. The number of rotatable bonds is 5. The van der Waals surface area contributed by atoms with Crippen LogP contribution in [-0.4, -0.2) is 30.2 Å². The lowest BCUT2D eigenvalue weighted by Crippen LogP contribution is -2.23. The number of nitrogens with zero attached hydrogens (tertiary/aromatic N) is 2. The van der Waals surface area contributed by atoms with Gasteiger partial charge in [-0.2, -0.15) is 4.99 Å². The number of carbonyl (C=O) groups is 2. The molecule has 28 heavy (non-hydrogen) atoms. The summed E-state index contributed by atoms with van der Waals surface area (Å²) in [5, 5.41) is 0. The van der Waals surface area contributed by atoms with Gasteiger partial charge < -0.3 is 14.0 Å². The minimum Gasteiger partial charge on any atom is -0.497 e. The third kappa shape index (κ3) is 4.14. The van der Waals surface area contributed by atoms with Crippen LogP contribution in [-0.2, 0) is 16.1 Å². The number of benzene rings is 2. The molecule has 2 aromatic carbocycles. The van der Waals surface area contributed by atoms with Crippen LogP contribution in [0.3, 0.4) is 0 Å². The molecule has 0 aliphatic carbocycles. The van der Waals surface area contributed by atoms with Crippen LogP contribution in [0, 0.1) is 13.8 Å². The smallest absolute Gasteiger partial charge is 0.326 e. The molecule has 3 rings (SSSR count). The Morgan fingerprint density at radius 3 is 2.50 bits per heavy atom. The number of aromatic nitrogens is 1. The van der Waals surface area contributed by atoms with Crippen LogP contribution in [0.5, 0.6) is 5.75 Å². The van der Waals surface area contributed by atoms with Gasteiger partial charge in [0.15, 0.2) is 4.80 Å². The fourth-order valence-electron chi connectivity index (χ4n) is 3.04. The lowest BCUT2D eigenvalue weighted by Gasteiger charge is -2.07. The van der Waals surface area contributed by atoms with Crippen molar-refractivity contribution >= 4 is 33.4 Å². The number of hydrogen-bond donors (Lipinski definition) is 0. The molecule has 1 heterocycles. The van der Waals surface area contributed by atoms with Crippen LogP contribution in [0.1, 0.15) is 28.4 Å². The van der Waals surface area contributed by atoms with Crippen molar-refractivity contribution in [1.82, 2.24) is 4.57 Å². The number of hydrogen-bond acceptors (Lipinski definition) is 5. The third-order valence-electron chi connectivity index (χ3n) is 4.24. The zero-order chi connectivity index (χ0) is 20.3. The van der Waals surface area contributed by atoms with Crippen LogP contribution in [0.15, 0.2) is 41.4 Å². The van der Waals surface area contributed by atoms with Gasteiger partial charge in [0.05, 0.1) is 23.9 Å². The highest BCUT2D eigenvalue weighted by atomic mass is 32.1. The molecule has 0 aliphatic heterocycles. The minimum absolute atomic E-state index is 0.00642. The maximum absolute atomic E-state index is 12.7. The van der Waals surface area contributed by atoms with Crippen LogP contribution < -0.4 is 9.54 Å². The maximum atomic E-state index is 12.7. The Bertz CT molecular complexity index is 1090. The standard InChI is InChI=1S/C21H22N2O4S/c1-5-27-18(24)12-23-19-14(3)10-13(2)11-17(19)28-21(23)22-20(25)15-6-8-16(26-4)9-7-15/h6-11H,5,12H2,1-4H3. The molecule has 0 bridgehead atoms. The number of thiazole rings is 1. The summed E-state index contributed by atoms with van der Waals surface area (Å²) in [5.74, 6) is -0.0661. The van der Waals surface area contributed by atoms with E-state index in [0.29, 0.717) is 22.7 Å². The van der Waals surface area contributed by atoms with Crippen molar-refractivity contribution in [2.75, 3.05) is 13.7 Å². The first-order valence-corrected chi connectivity index (χ1v) is 9.74.